The molecule has 0 saturated carbocycles. The van der Waals surface area contributed by atoms with Crippen LogP contribution in [-0.4, -0.2) is 5.78 Å². The zero-order valence-corrected chi connectivity index (χ0v) is 7.31. The van der Waals surface area contributed by atoms with E-state index in [-0.39, 0.29) is 12.7 Å². The third-order valence-electron chi connectivity index (χ3n) is 1.53. The van der Waals surface area contributed by atoms with Gasteiger partial charge in [0.25, 0.3) is 0 Å². The highest BCUT2D eigenvalue weighted by Crippen LogP contribution is 2.02. The lowest BCUT2D eigenvalue weighted by Crippen LogP contribution is -1.80. The van der Waals surface area contributed by atoms with Crippen molar-refractivity contribution >= 4 is 5.78 Å². The van der Waals surface area contributed by atoms with E-state index in [2.05, 4.69) is 6.92 Å². The minimum Gasteiger partial charge on any atom is -0.295 e. The Morgan fingerprint density at radius 1 is 1.45 bits per heavy atom. The third-order valence-corrected chi connectivity index (χ3v) is 1.53. The number of rotatable bonds is 6. The lowest BCUT2D eigenvalue weighted by molar-refractivity contribution is -0.112. The van der Waals surface area contributed by atoms with E-state index in [4.69, 9.17) is 1.37 Å². The van der Waals surface area contributed by atoms with Crippen LogP contribution in [0, 0.1) is 0 Å². The van der Waals surface area contributed by atoms with Crippen LogP contribution < -0.4 is 0 Å². The monoisotopic (exact) mass is 155 g/mol. The van der Waals surface area contributed by atoms with Crippen LogP contribution in [0.1, 0.15) is 47.3 Å². The largest absolute Gasteiger partial charge is 0.295 e. The van der Waals surface area contributed by atoms with Gasteiger partial charge in [-0.05, 0) is 25.8 Å². The molecule has 11 heavy (non-hydrogen) atoms. The molecule has 0 N–H and O–H groups in total. The van der Waals surface area contributed by atoms with E-state index in [1.54, 1.807) is 0 Å². The molecule has 0 aromatic carbocycles. The first-order chi connectivity index (χ1) is 5.81. The molecule has 64 valence electrons. The van der Waals surface area contributed by atoms with Crippen molar-refractivity contribution in [2.45, 2.75) is 45.9 Å². The summed E-state index contributed by atoms with van der Waals surface area (Å²) in [5.74, 6) is -0.0921. The van der Waals surface area contributed by atoms with Crippen LogP contribution in [0.25, 0.3) is 0 Å². The minimum atomic E-state index is -0.120. The average Bonchev–Trinajstić information content (AvgIpc) is 2.10. The summed E-state index contributed by atoms with van der Waals surface area (Å²) in [6.07, 6.45) is 9.32. The molecule has 0 aliphatic carbocycles. The fourth-order valence-electron chi connectivity index (χ4n) is 0.904. The highest BCUT2D eigenvalue weighted by atomic mass is 16.1. The Labute approximate surface area is 70.9 Å². The molecule has 0 fully saturated rings. The van der Waals surface area contributed by atoms with Gasteiger partial charge in [-0.3, -0.25) is 4.79 Å². The number of hydrogen-bond donors (Lipinski definition) is 0. The summed E-state index contributed by atoms with van der Waals surface area (Å²) in [7, 11) is 0. The Hall–Kier alpha value is -0.590. The van der Waals surface area contributed by atoms with Gasteiger partial charge in [0.2, 0.25) is 0 Å². The van der Waals surface area contributed by atoms with Gasteiger partial charge in [-0.25, -0.2) is 0 Å². The molecule has 0 amide bonds. The number of unbranched alkanes of at least 4 members (excludes halogenated alkanes) is 4. The molecule has 1 heteroatoms. The molecule has 0 aromatic heterocycles. The molecule has 0 aliphatic rings. The first kappa shape index (κ1) is 8.51. The maximum atomic E-state index is 10.6. The lowest BCUT2D eigenvalue weighted by Gasteiger charge is -1.92. The molecule has 0 saturated heterocycles. The fourth-order valence-corrected chi connectivity index (χ4v) is 0.904. The van der Waals surface area contributed by atoms with Gasteiger partial charge in [-0.1, -0.05) is 32.3 Å². The minimum absolute atomic E-state index is 0.0921. The zero-order chi connectivity index (χ0) is 9.23. The van der Waals surface area contributed by atoms with Gasteiger partial charge in [-0.15, -0.1) is 0 Å². The Kier molecular flexibility index (Phi) is 5.81. The summed E-state index contributed by atoms with van der Waals surface area (Å²) in [6.45, 7) is 2.06. The Balaban J connectivity index is 3.18. The first-order valence-electron chi connectivity index (χ1n) is 5.00. The van der Waals surface area contributed by atoms with Crippen molar-refractivity contribution in [2.24, 2.45) is 0 Å². The van der Waals surface area contributed by atoms with E-state index in [1.807, 2.05) is 6.08 Å². The predicted molar refractivity (Wildman–Crippen MR) is 48.6 cm³/mol. The number of ketones is 1. The molecule has 0 spiro atoms. The van der Waals surface area contributed by atoms with E-state index in [0.29, 0.717) is 0 Å². The molecule has 1 nitrogen and oxygen atoms in total. The summed E-state index contributed by atoms with van der Waals surface area (Å²) in [5, 5.41) is 0. The summed E-state index contributed by atoms with van der Waals surface area (Å²) in [5.41, 5.74) is 0. The average molecular weight is 155 g/mol. The van der Waals surface area contributed by atoms with E-state index in [1.165, 1.54) is 25.3 Å². The topological polar surface area (TPSA) is 17.1 Å². The van der Waals surface area contributed by atoms with Crippen LogP contribution in [0.15, 0.2) is 12.2 Å². The Morgan fingerprint density at radius 3 is 2.91 bits per heavy atom. The first-order valence-corrected chi connectivity index (χ1v) is 4.30. The molecule has 0 bridgehead atoms. The van der Waals surface area contributed by atoms with Crippen LogP contribution in [0.3, 0.4) is 0 Å². The molecule has 0 atom stereocenters. The second-order valence-electron chi connectivity index (χ2n) is 2.72. The van der Waals surface area contributed by atoms with E-state index in [9.17, 15) is 4.79 Å². The van der Waals surface area contributed by atoms with Crippen molar-refractivity contribution in [3.05, 3.63) is 12.2 Å². The van der Waals surface area contributed by atoms with Gasteiger partial charge in [0.05, 0.1) is 0 Å². The van der Waals surface area contributed by atoms with Crippen LogP contribution in [-0.2, 0) is 4.79 Å². The second-order valence-corrected chi connectivity index (χ2v) is 2.72. The number of carbonyl (C=O) groups excluding carboxylic acids is 1. The number of allylic oxidation sites excluding steroid dienone is 2. The third kappa shape index (κ3) is 9.41. The predicted octanol–water partition coefficient (Wildman–Crippen LogP) is 3.10. The second kappa shape index (κ2) is 7.52. The number of hydrogen-bond acceptors (Lipinski definition) is 1. The fraction of sp³-hybridized carbons (Fsp3) is 0.700. The summed E-state index contributed by atoms with van der Waals surface area (Å²) < 4.78 is 6.75. The maximum absolute atomic E-state index is 10.6. The molecule has 0 radical (unpaired) electrons. The summed E-state index contributed by atoms with van der Waals surface area (Å²) >= 11 is 0. The number of carbonyl (C=O) groups is 1. The van der Waals surface area contributed by atoms with Gasteiger partial charge in [0, 0.05) is 1.37 Å². The highest BCUT2D eigenvalue weighted by molar-refractivity contribution is 5.87. The van der Waals surface area contributed by atoms with Gasteiger partial charge in [-0.2, -0.15) is 0 Å². The lowest BCUT2D eigenvalue weighted by atomic mass is 10.1. The van der Waals surface area contributed by atoms with Crippen molar-refractivity contribution in [1.82, 2.24) is 0 Å². The van der Waals surface area contributed by atoms with Crippen molar-refractivity contribution in [3.8, 4) is 0 Å². The van der Waals surface area contributed by atoms with Crippen LogP contribution in [0.2, 0.25) is 0 Å². The smallest absolute Gasteiger partial charge is 0.152 e. The molecular weight excluding hydrogens is 136 g/mol. The van der Waals surface area contributed by atoms with Crippen LogP contribution >= 0.6 is 0 Å². The standard InChI is InChI=1S/C10H18O/c1-3-4-5-6-7-8-9-10(2)11/h8-9H,3-7H2,1-2H3/i2D. The van der Waals surface area contributed by atoms with E-state index in [0.717, 1.165) is 12.8 Å². The van der Waals surface area contributed by atoms with Crippen molar-refractivity contribution in [1.29, 1.82) is 0 Å². The van der Waals surface area contributed by atoms with E-state index >= 15 is 0 Å². The molecule has 0 unspecified atom stereocenters. The molecule has 0 rings (SSSR count). The normalized spacial score (nSPS) is 11.9. The molecular formula is C10H18O. The van der Waals surface area contributed by atoms with Crippen molar-refractivity contribution < 1.29 is 6.17 Å². The quantitative estimate of drug-likeness (QED) is 0.425. The molecule has 0 heterocycles. The van der Waals surface area contributed by atoms with Crippen LogP contribution in [0.4, 0.5) is 0 Å². The van der Waals surface area contributed by atoms with Gasteiger partial charge < -0.3 is 0 Å². The summed E-state index contributed by atoms with van der Waals surface area (Å²) in [6, 6.07) is 0. The Bertz CT molecular complexity index is 141. The highest BCUT2D eigenvalue weighted by Gasteiger charge is 1.85. The van der Waals surface area contributed by atoms with Crippen LogP contribution in [0.5, 0.6) is 0 Å². The van der Waals surface area contributed by atoms with Gasteiger partial charge >= 0.3 is 0 Å². The van der Waals surface area contributed by atoms with Gasteiger partial charge in [0.1, 0.15) is 0 Å². The van der Waals surface area contributed by atoms with Crippen molar-refractivity contribution in [2.75, 3.05) is 0 Å². The molecule has 0 aliphatic heterocycles. The SMILES string of the molecule is [2H]CC(=O)C=CCCCCCC. The van der Waals surface area contributed by atoms with Gasteiger partial charge in [0.15, 0.2) is 5.78 Å². The zero-order valence-electron chi connectivity index (χ0n) is 8.31. The molecule has 0 aromatic rings. The summed E-state index contributed by atoms with van der Waals surface area (Å²) in [4.78, 5) is 10.6. The Morgan fingerprint density at radius 2 is 2.27 bits per heavy atom. The van der Waals surface area contributed by atoms with E-state index < -0.39 is 0 Å². The van der Waals surface area contributed by atoms with Crippen molar-refractivity contribution in [3.63, 3.8) is 0 Å². The maximum Gasteiger partial charge on any atom is 0.152 e.